The Balaban J connectivity index is 1.65. The number of hydrogen-bond donors (Lipinski definition) is 0. The highest BCUT2D eigenvalue weighted by Gasteiger charge is 2.09. The van der Waals surface area contributed by atoms with Gasteiger partial charge < -0.3 is 9.15 Å². The van der Waals surface area contributed by atoms with Crippen molar-refractivity contribution in [3.8, 4) is 5.75 Å². The van der Waals surface area contributed by atoms with E-state index in [1.54, 1.807) is 36.4 Å². The van der Waals surface area contributed by atoms with E-state index in [1.807, 2.05) is 19.1 Å². The minimum absolute atomic E-state index is 0.232. The maximum absolute atomic E-state index is 12.2. The summed E-state index contributed by atoms with van der Waals surface area (Å²) >= 11 is 18.0. The molecule has 1 aromatic heterocycles. The lowest BCUT2D eigenvalue weighted by atomic mass is 10.1. The number of carbonyl (C=O) groups is 1. The van der Waals surface area contributed by atoms with E-state index in [1.165, 1.54) is 12.1 Å². The maximum Gasteiger partial charge on any atom is 0.187 e. The fourth-order valence-electron chi connectivity index (χ4n) is 2.44. The van der Waals surface area contributed by atoms with Crippen molar-refractivity contribution < 1.29 is 13.9 Å². The number of rotatable bonds is 6. The summed E-state index contributed by atoms with van der Waals surface area (Å²) in [5.74, 6) is 1.53. The monoisotopic (exact) mass is 420 g/mol. The first-order valence-electron chi connectivity index (χ1n) is 8.08. The second kappa shape index (κ2) is 8.66. The molecule has 0 amide bonds. The topological polar surface area (TPSA) is 39.4 Å². The van der Waals surface area contributed by atoms with Crippen LogP contribution < -0.4 is 4.74 Å². The molecular formula is C21H15Cl3O3. The van der Waals surface area contributed by atoms with Crippen LogP contribution >= 0.6 is 34.8 Å². The van der Waals surface area contributed by atoms with Crippen LogP contribution in [0.25, 0.3) is 6.08 Å². The van der Waals surface area contributed by atoms with Crippen LogP contribution in [0, 0.1) is 6.92 Å². The Kier molecular flexibility index (Phi) is 6.27. The molecule has 0 fully saturated rings. The Morgan fingerprint density at radius 2 is 1.89 bits per heavy atom. The predicted octanol–water partition coefficient (Wildman–Crippen LogP) is 7.02. The number of hydrogen-bond acceptors (Lipinski definition) is 3. The normalized spacial score (nSPS) is 11.1. The number of aryl methyl sites for hydroxylation is 1. The Morgan fingerprint density at radius 3 is 2.63 bits per heavy atom. The van der Waals surface area contributed by atoms with Gasteiger partial charge in [-0.3, -0.25) is 4.79 Å². The number of benzene rings is 2. The zero-order valence-corrected chi connectivity index (χ0v) is 16.6. The maximum atomic E-state index is 12.2. The summed E-state index contributed by atoms with van der Waals surface area (Å²) in [6.07, 6.45) is 2.98. The Morgan fingerprint density at radius 1 is 1.07 bits per heavy atom. The van der Waals surface area contributed by atoms with Crippen molar-refractivity contribution in [2.24, 2.45) is 0 Å². The molecule has 0 unspecified atom stereocenters. The van der Waals surface area contributed by atoms with Gasteiger partial charge >= 0.3 is 0 Å². The SMILES string of the molecule is Cc1cccc(Cl)c1OCc1ccc(/C=C/C(=O)c2ccc(Cl)cc2Cl)o1. The first kappa shape index (κ1) is 19.6. The van der Waals surface area contributed by atoms with E-state index < -0.39 is 0 Å². The van der Waals surface area contributed by atoms with E-state index >= 15 is 0 Å². The Hall–Kier alpha value is -2.20. The van der Waals surface area contributed by atoms with Gasteiger partial charge in [0.25, 0.3) is 0 Å². The van der Waals surface area contributed by atoms with Gasteiger partial charge in [0.2, 0.25) is 0 Å². The summed E-state index contributed by atoms with van der Waals surface area (Å²) in [6.45, 7) is 2.15. The third-order valence-corrected chi connectivity index (χ3v) is 4.65. The first-order chi connectivity index (χ1) is 12.9. The molecule has 0 spiro atoms. The van der Waals surface area contributed by atoms with Crippen LogP contribution in [0.15, 0.2) is 59.0 Å². The van der Waals surface area contributed by atoms with Gasteiger partial charge in [-0.15, -0.1) is 0 Å². The van der Waals surface area contributed by atoms with Crippen molar-refractivity contribution in [3.63, 3.8) is 0 Å². The van der Waals surface area contributed by atoms with E-state index in [0.717, 1.165) is 5.56 Å². The fourth-order valence-corrected chi connectivity index (χ4v) is 3.22. The Bertz CT molecular complexity index is 985. The van der Waals surface area contributed by atoms with Crippen molar-refractivity contribution in [2.45, 2.75) is 13.5 Å². The van der Waals surface area contributed by atoms with Crippen LogP contribution in [0.1, 0.15) is 27.4 Å². The van der Waals surface area contributed by atoms with E-state index in [-0.39, 0.29) is 12.4 Å². The number of para-hydroxylation sites is 1. The molecule has 0 aliphatic heterocycles. The van der Waals surface area contributed by atoms with E-state index in [9.17, 15) is 4.79 Å². The highest BCUT2D eigenvalue weighted by Crippen LogP contribution is 2.29. The van der Waals surface area contributed by atoms with Crippen molar-refractivity contribution in [3.05, 3.63) is 92.3 Å². The molecule has 3 nitrogen and oxygen atoms in total. The van der Waals surface area contributed by atoms with Crippen LogP contribution in [-0.2, 0) is 6.61 Å². The van der Waals surface area contributed by atoms with Gasteiger partial charge in [-0.2, -0.15) is 0 Å². The van der Waals surface area contributed by atoms with Crippen LogP contribution in [0.5, 0.6) is 5.75 Å². The fraction of sp³-hybridized carbons (Fsp3) is 0.0952. The molecule has 0 saturated carbocycles. The van der Waals surface area contributed by atoms with Crippen LogP contribution in [0.4, 0.5) is 0 Å². The zero-order chi connectivity index (χ0) is 19.4. The molecule has 27 heavy (non-hydrogen) atoms. The van der Waals surface area contributed by atoms with Gasteiger partial charge in [-0.1, -0.05) is 46.9 Å². The molecule has 0 atom stereocenters. The summed E-state index contributed by atoms with van der Waals surface area (Å²) in [6, 6.07) is 13.8. The van der Waals surface area contributed by atoms with Crippen LogP contribution in [0.2, 0.25) is 15.1 Å². The molecule has 3 rings (SSSR count). The van der Waals surface area contributed by atoms with Gasteiger partial charge in [0.05, 0.1) is 10.0 Å². The minimum atomic E-state index is -0.238. The smallest absolute Gasteiger partial charge is 0.187 e. The number of ketones is 1. The van der Waals surface area contributed by atoms with E-state index in [2.05, 4.69) is 0 Å². The highest BCUT2D eigenvalue weighted by atomic mass is 35.5. The molecule has 3 aromatic rings. The molecule has 1 heterocycles. The molecule has 0 aliphatic carbocycles. The third kappa shape index (κ3) is 4.95. The molecule has 0 saturated heterocycles. The lowest BCUT2D eigenvalue weighted by Crippen LogP contribution is -1.96. The number of allylic oxidation sites excluding steroid dienone is 1. The molecule has 0 aliphatic rings. The van der Waals surface area contributed by atoms with Crippen molar-refractivity contribution in [1.82, 2.24) is 0 Å². The predicted molar refractivity (Wildman–Crippen MR) is 109 cm³/mol. The first-order valence-corrected chi connectivity index (χ1v) is 9.21. The van der Waals surface area contributed by atoms with Crippen molar-refractivity contribution >= 4 is 46.7 Å². The molecule has 6 heteroatoms. The summed E-state index contributed by atoms with van der Waals surface area (Å²) < 4.78 is 11.4. The standard InChI is InChI=1S/C21H15Cl3O3/c1-13-3-2-4-18(23)21(13)26-12-16-7-6-15(27-16)8-10-20(25)17-9-5-14(22)11-19(17)24/h2-11H,12H2,1H3/b10-8+. The lowest BCUT2D eigenvalue weighted by Gasteiger charge is -2.09. The lowest BCUT2D eigenvalue weighted by molar-refractivity contribution is 0.104. The van der Waals surface area contributed by atoms with Crippen molar-refractivity contribution in [1.29, 1.82) is 0 Å². The molecule has 0 N–H and O–H groups in total. The summed E-state index contributed by atoms with van der Waals surface area (Å²) in [5.41, 5.74) is 1.32. The molecule has 0 radical (unpaired) electrons. The summed E-state index contributed by atoms with van der Waals surface area (Å²) in [5, 5.41) is 1.33. The van der Waals surface area contributed by atoms with E-state index in [0.29, 0.717) is 37.9 Å². The van der Waals surface area contributed by atoms with Crippen LogP contribution in [-0.4, -0.2) is 5.78 Å². The van der Waals surface area contributed by atoms with Gasteiger partial charge in [0, 0.05) is 10.6 Å². The zero-order valence-electron chi connectivity index (χ0n) is 14.3. The van der Waals surface area contributed by atoms with E-state index in [4.69, 9.17) is 44.0 Å². The molecular weight excluding hydrogens is 407 g/mol. The summed E-state index contributed by atoms with van der Waals surface area (Å²) in [4.78, 5) is 12.2. The van der Waals surface area contributed by atoms with Gasteiger partial charge in [0.15, 0.2) is 5.78 Å². The molecule has 2 aromatic carbocycles. The molecule has 0 bridgehead atoms. The number of ether oxygens (including phenoxy) is 1. The van der Waals surface area contributed by atoms with Crippen LogP contribution in [0.3, 0.4) is 0 Å². The van der Waals surface area contributed by atoms with Crippen molar-refractivity contribution in [2.75, 3.05) is 0 Å². The number of halogens is 3. The number of carbonyl (C=O) groups excluding carboxylic acids is 1. The quantitative estimate of drug-likeness (QED) is 0.317. The largest absolute Gasteiger partial charge is 0.484 e. The number of furan rings is 1. The van der Waals surface area contributed by atoms with Gasteiger partial charge in [0.1, 0.15) is 23.9 Å². The second-order valence-corrected chi connectivity index (χ2v) is 7.05. The minimum Gasteiger partial charge on any atom is -0.484 e. The molecule has 138 valence electrons. The van der Waals surface area contributed by atoms with Gasteiger partial charge in [-0.05, 0) is 61.0 Å². The van der Waals surface area contributed by atoms with Gasteiger partial charge in [-0.25, -0.2) is 0 Å². The Labute approximate surface area is 172 Å². The second-order valence-electron chi connectivity index (χ2n) is 5.80. The average Bonchev–Trinajstić information content (AvgIpc) is 3.07. The summed E-state index contributed by atoms with van der Waals surface area (Å²) in [7, 11) is 0. The average molecular weight is 422 g/mol. The highest BCUT2D eigenvalue weighted by molar-refractivity contribution is 6.37. The third-order valence-electron chi connectivity index (χ3n) is 3.80.